The second-order valence-electron chi connectivity index (χ2n) is 6.02. The van der Waals surface area contributed by atoms with Crippen molar-refractivity contribution in [1.82, 2.24) is 14.9 Å². The van der Waals surface area contributed by atoms with Crippen molar-refractivity contribution in [2.45, 2.75) is 13.8 Å². The molecule has 6 nitrogen and oxygen atoms in total. The normalized spacial score (nSPS) is 15.3. The Morgan fingerprint density at radius 3 is 2.50 bits per heavy atom. The summed E-state index contributed by atoms with van der Waals surface area (Å²) in [5.41, 5.74) is 2.35. The maximum Gasteiger partial charge on any atom is 0.258 e. The molecule has 1 aliphatic rings. The van der Waals surface area contributed by atoms with Gasteiger partial charge in [-0.15, -0.1) is 0 Å². The summed E-state index contributed by atoms with van der Waals surface area (Å²) in [5, 5.41) is 2.87. The van der Waals surface area contributed by atoms with E-state index in [0.717, 1.165) is 44.0 Å². The number of nitrogens with zero attached hydrogens (tertiary/aromatic N) is 4. The minimum absolute atomic E-state index is 0.192. The number of piperazine rings is 1. The Morgan fingerprint density at radius 2 is 1.88 bits per heavy atom. The van der Waals surface area contributed by atoms with Crippen LogP contribution in [0, 0.1) is 6.92 Å². The maximum atomic E-state index is 12.3. The lowest BCUT2D eigenvalue weighted by atomic mass is 10.2. The number of carbonyl (C=O) groups excluding carboxylic acids is 1. The van der Waals surface area contributed by atoms with Gasteiger partial charge in [-0.2, -0.15) is 0 Å². The van der Waals surface area contributed by atoms with Crippen LogP contribution in [0.4, 0.5) is 11.6 Å². The van der Waals surface area contributed by atoms with Crippen LogP contribution in [0.3, 0.4) is 0 Å². The molecule has 1 aliphatic heterocycles. The van der Waals surface area contributed by atoms with Crippen LogP contribution in [0.15, 0.2) is 36.7 Å². The summed E-state index contributed by atoms with van der Waals surface area (Å²) in [6.45, 7) is 9.13. The first-order valence-corrected chi connectivity index (χ1v) is 8.33. The summed E-state index contributed by atoms with van der Waals surface area (Å²) < 4.78 is 0. The molecule has 1 amide bonds. The lowest BCUT2D eigenvalue weighted by Crippen LogP contribution is -2.46. The second-order valence-corrected chi connectivity index (χ2v) is 6.02. The number of hydrogen-bond acceptors (Lipinski definition) is 5. The summed E-state index contributed by atoms with van der Waals surface area (Å²) in [6.07, 6.45) is 3.19. The zero-order valence-corrected chi connectivity index (χ0v) is 14.2. The monoisotopic (exact) mass is 325 g/mol. The van der Waals surface area contributed by atoms with Crippen molar-refractivity contribution in [2.75, 3.05) is 42.9 Å². The van der Waals surface area contributed by atoms with Gasteiger partial charge in [-0.3, -0.25) is 4.79 Å². The molecular weight excluding hydrogens is 302 g/mol. The fourth-order valence-electron chi connectivity index (χ4n) is 2.79. The van der Waals surface area contributed by atoms with E-state index in [9.17, 15) is 4.79 Å². The van der Waals surface area contributed by atoms with Crippen molar-refractivity contribution >= 4 is 17.5 Å². The average Bonchev–Trinajstić information content (AvgIpc) is 2.62. The van der Waals surface area contributed by atoms with Gasteiger partial charge in [-0.05, 0) is 31.2 Å². The quantitative estimate of drug-likeness (QED) is 0.933. The van der Waals surface area contributed by atoms with Crippen molar-refractivity contribution in [3.05, 3.63) is 47.8 Å². The van der Waals surface area contributed by atoms with Gasteiger partial charge >= 0.3 is 0 Å². The zero-order chi connectivity index (χ0) is 16.9. The highest BCUT2D eigenvalue weighted by Crippen LogP contribution is 2.13. The topological polar surface area (TPSA) is 61.4 Å². The SMILES string of the molecule is CCN1CCN(c2ncc(C(=O)Nc3cccc(C)c3)cn2)CC1. The molecule has 0 bridgehead atoms. The van der Waals surface area contributed by atoms with E-state index < -0.39 is 0 Å². The van der Waals surface area contributed by atoms with Crippen LogP contribution in [0.2, 0.25) is 0 Å². The standard InChI is InChI=1S/C18H23N5O/c1-3-22-7-9-23(10-8-22)18-19-12-15(13-20-18)17(24)21-16-6-4-5-14(2)11-16/h4-6,11-13H,3,7-10H2,1-2H3,(H,21,24). The van der Waals surface area contributed by atoms with E-state index in [2.05, 4.69) is 32.0 Å². The number of anilines is 2. The molecule has 1 N–H and O–H groups in total. The number of aryl methyl sites for hydroxylation is 1. The van der Waals surface area contributed by atoms with Gasteiger partial charge in [0.05, 0.1) is 5.56 Å². The molecule has 2 aromatic rings. The number of carbonyl (C=O) groups is 1. The summed E-state index contributed by atoms with van der Waals surface area (Å²) in [7, 11) is 0. The first-order valence-electron chi connectivity index (χ1n) is 8.33. The fraction of sp³-hybridized carbons (Fsp3) is 0.389. The van der Waals surface area contributed by atoms with Crippen molar-refractivity contribution < 1.29 is 4.79 Å². The van der Waals surface area contributed by atoms with Gasteiger partial charge in [0.1, 0.15) is 0 Å². The van der Waals surface area contributed by atoms with Crippen molar-refractivity contribution in [3.63, 3.8) is 0 Å². The first-order chi connectivity index (χ1) is 11.7. The van der Waals surface area contributed by atoms with Crippen LogP contribution >= 0.6 is 0 Å². The number of amides is 1. The highest BCUT2D eigenvalue weighted by atomic mass is 16.1. The third-order valence-electron chi connectivity index (χ3n) is 4.28. The Kier molecular flexibility index (Phi) is 5.05. The minimum atomic E-state index is -0.192. The molecule has 0 spiro atoms. The lowest BCUT2D eigenvalue weighted by Gasteiger charge is -2.33. The predicted molar refractivity (Wildman–Crippen MR) is 95.5 cm³/mol. The number of nitrogens with one attached hydrogen (secondary N) is 1. The Morgan fingerprint density at radius 1 is 1.17 bits per heavy atom. The van der Waals surface area contributed by atoms with E-state index in [4.69, 9.17) is 0 Å². The molecule has 1 aromatic carbocycles. The second kappa shape index (κ2) is 7.40. The van der Waals surface area contributed by atoms with E-state index >= 15 is 0 Å². The molecule has 3 rings (SSSR count). The zero-order valence-electron chi connectivity index (χ0n) is 14.2. The van der Waals surface area contributed by atoms with Crippen LogP contribution in [0.25, 0.3) is 0 Å². The minimum Gasteiger partial charge on any atom is -0.338 e. The summed E-state index contributed by atoms with van der Waals surface area (Å²) >= 11 is 0. The van der Waals surface area contributed by atoms with E-state index in [1.165, 1.54) is 0 Å². The largest absolute Gasteiger partial charge is 0.338 e. The molecular formula is C18H23N5O. The highest BCUT2D eigenvalue weighted by molar-refractivity contribution is 6.03. The van der Waals surface area contributed by atoms with Crippen LogP contribution < -0.4 is 10.2 Å². The molecule has 1 aromatic heterocycles. The lowest BCUT2D eigenvalue weighted by molar-refractivity contribution is 0.102. The first kappa shape index (κ1) is 16.4. The molecule has 2 heterocycles. The van der Waals surface area contributed by atoms with Crippen LogP contribution in [-0.2, 0) is 0 Å². The van der Waals surface area contributed by atoms with Gasteiger partial charge in [0.15, 0.2) is 0 Å². The average molecular weight is 325 g/mol. The molecule has 6 heteroatoms. The predicted octanol–water partition coefficient (Wildman–Crippen LogP) is 2.18. The van der Waals surface area contributed by atoms with Gasteiger partial charge in [0.25, 0.3) is 5.91 Å². The molecule has 0 saturated carbocycles. The van der Waals surface area contributed by atoms with E-state index in [1.807, 2.05) is 31.2 Å². The highest BCUT2D eigenvalue weighted by Gasteiger charge is 2.18. The maximum absolute atomic E-state index is 12.3. The van der Waals surface area contributed by atoms with Gasteiger partial charge in [-0.1, -0.05) is 19.1 Å². The van der Waals surface area contributed by atoms with Crippen LogP contribution in [0.1, 0.15) is 22.8 Å². The summed E-state index contributed by atoms with van der Waals surface area (Å²) in [4.78, 5) is 25.6. The molecule has 0 radical (unpaired) electrons. The van der Waals surface area contributed by atoms with Crippen molar-refractivity contribution in [1.29, 1.82) is 0 Å². The van der Waals surface area contributed by atoms with E-state index in [1.54, 1.807) is 12.4 Å². The molecule has 0 aliphatic carbocycles. The Labute approximate surface area is 142 Å². The number of aromatic nitrogens is 2. The Balaban J connectivity index is 1.63. The Bertz CT molecular complexity index is 693. The van der Waals surface area contributed by atoms with E-state index in [-0.39, 0.29) is 5.91 Å². The van der Waals surface area contributed by atoms with Gasteiger partial charge in [-0.25, -0.2) is 9.97 Å². The number of rotatable bonds is 4. The van der Waals surface area contributed by atoms with Gasteiger partial charge in [0.2, 0.25) is 5.95 Å². The number of hydrogen-bond donors (Lipinski definition) is 1. The molecule has 1 saturated heterocycles. The number of benzene rings is 1. The molecule has 24 heavy (non-hydrogen) atoms. The molecule has 0 atom stereocenters. The smallest absolute Gasteiger partial charge is 0.258 e. The Hall–Kier alpha value is -2.47. The van der Waals surface area contributed by atoms with Crippen molar-refractivity contribution in [3.8, 4) is 0 Å². The van der Waals surface area contributed by atoms with Gasteiger partial charge < -0.3 is 15.1 Å². The molecule has 0 unspecified atom stereocenters. The third-order valence-corrected chi connectivity index (χ3v) is 4.28. The molecule has 1 fully saturated rings. The van der Waals surface area contributed by atoms with E-state index in [0.29, 0.717) is 11.5 Å². The van der Waals surface area contributed by atoms with Gasteiger partial charge in [0, 0.05) is 44.3 Å². The fourth-order valence-corrected chi connectivity index (χ4v) is 2.79. The van der Waals surface area contributed by atoms with Crippen molar-refractivity contribution in [2.24, 2.45) is 0 Å². The van der Waals surface area contributed by atoms with Crippen LogP contribution in [-0.4, -0.2) is 53.5 Å². The summed E-state index contributed by atoms with van der Waals surface area (Å²) in [5.74, 6) is 0.501. The summed E-state index contributed by atoms with van der Waals surface area (Å²) in [6, 6.07) is 7.71. The van der Waals surface area contributed by atoms with Crippen LogP contribution in [0.5, 0.6) is 0 Å². The third kappa shape index (κ3) is 3.89. The number of likely N-dealkylation sites (N-methyl/N-ethyl adjacent to an activating group) is 1. The molecule has 126 valence electrons.